The second-order valence-electron chi connectivity index (χ2n) is 4.54. The minimum Gasteiger partial charge on any atom is -0.468 e. The summed E-state index contributed by atoms with van der Waals surface area (Å²) in [6.07, 6.45) is 1.38. The molecular formula is C14H12O5. The fraction of sp³-hybridized carbons (Fsp3) is 0.286. The van der Waals surface area contributed by atoms with Gasteiger partial charge in [-0.25, -0.2) is 0 Å². The Kier molecular flexibility index (Phi) is 2.64. The van der Waals surface area contributed by atoms with Crippen LogP contribution < -0.4 is 0 Å². The van der Waals surface area contributed by atoms with Crippen molar-refractivity contribution in [1.29, 1.82) is 0 Å². The first kappa shape index (κ1) is 11.9. The number of para-hydroxylation sites is 1. The molecule has 0 atom stereocenters. The van der Waals surface area contributed by atoms with Gasteiger partial charge in [0.15, 0.2) is 11.2 Å². The predicted molar refractivity (Wildman–Crippen MR) is 65.8 cm³/mol. The molecule has 0 N–H and O–H groups in total. The first-order valence-corrected chi connectivity index (χ1v) is 5.86. The highest BCUT2D eigenvalue weighted by molar-refractivity contribution is 6.18. The number of benzene rings is 1. The zero-order valence-electron chi connectivity index (χ0n) is 10.3. The van der Waals surface area contributed by atoms with E-state index in [0.717, 1.165) is 0 Å². The van der Waals surface area contributed by atoms with E-state index in [1.165, 1.54) is 13.4 Å². The predicted octanol–water partition coefficient (Wildman–Crippen LogP) is 1.81. The van der Waals surface area contributed by atoms with Crippen molar-refractivity contribution in [1.82, 2.24) is 0 Å². The molecule has 1 fully saturated rings. The van der Waals surface area contributed by atoms with Crippen LogP contribution in [0, 0.1) is 5.41 Å². The second kappa shape index (κ2) is 4.20. The van der Waals surface area contributed by atoms with Crippen LogP contribution in [0.15, 0.2) is 34.9 Å². The molecule has 0 amide bonds. The number of rotatable bonds is 3. The number of furan rings is 1. The molecule has 98 valence electrons. The molecule has 5 nitrogen and oxygen atoms in total. The molecule has 2 aromatic rings. The molecule has 0 spiro atoms. The van der Waals surface area contributed by atoms with Crippen LogP contribution in [0.1, 0.15) is 10.4 Å². The third kappa shape index (κ3) is 1.58. The number of ketones is 1. The minimum absolute atomic E-state index is 0.0536. The molecule has 1 saturated heterocycles. The van der Waals surface area contributed by atoms with E-state index >= 15 is 0 Å². The summed E-state index contributed by atoms with van der Waals surface area (Å²) in [6.45, 7) is 0.107. The highest BCUT2D eigenvalue weighted by atomic mass is 16.5. The summed E-state index contributed by atoms with van der Waals surface area (Å²) in [5, 5.41) is 0.697. The number of methoxy groups -OCH3 is 1. The van der Waals surface area contributed by atoms with E-state index in [-0.39, 0.29) is 19.0 Å². The molecule has 0 aliphatic carbocycles. The van der Waals surface area contributed by atoms with Crippen LogP contribution in [0.2, 0.25) is 0 Å². The molecule has 3 rings (SSSR count). The standard InChI is InChI=1S/C14H12O5/c1-17-13(16)14(7-18-8-14)12(15)10-6-19-11-5-3-2-4-9(10)11/h2-6H,7-8H2,1H3. The van der Waals surface area contributed by atoms with E-state index in [9.17, 15) is 9.59 Å². The van der Waals surface area contributed by atoms with Crippen molar-refractivity contribution in [2.75, 3.05) is 20.3 Å². The van der Waals surface area contributed by atoms with Crippen molar-refractivity contribution in [2.24, 2.45) is 5.41 Å². The van der Waals surface area contributed by atoms with Crippen molar-refractivity contribution in [3.8, 4) is 0 Å². The number of hydrogen-bond donors (Lipinski definition) is 0. The molecule has 0 bridgehead atoms. The number of esters is 1. The van der Waals surface area contributed by atoms with Gasteiger partial charge in [0, 0.05) is 5.39 Å². The van der Waals surface area contributed by atoms with Crippen LogP contribution in [0.4, 0.5) is 0 Å². The van der Waals surface area contributed by atoms with Gasteiger partial charge in [-0.1, -0.05) is 18.2 Å². The summed E-state index contributed by atoms with van der Waals surface area (Å²) in [5.74, 6) is -0.871. The maximum atomic E-state index is 12.6. The number of Topliss-reactive ketones (excluding diaryl/α,β-unsaturated/α-hetero) is 1. The molecular weight excluding hydrogens is 248 g/mol. The molecule has 19 heavy (non-hydrogen) atoms. The van der Waals surface area contributed by atoms with Crippen LogP contribution >= 0.6 is 0 Å². The first-order valence-electron chi connectivity index (χ1n) is 5.86. The highest BCUT2D eigenvalue weighted by Gasteiger charge is 2.54. The number of carbonyl (C=O) groups is 2. The van der Waals surface area contributed by atoms with Gasteiger partial charge in [0.1, 0.15) is 11.8 Å². The number of fused-ring (bicyclic) bond motifs is 1. The smallest absolute Gasteiger partial charge is 0.324 e. The maximum absolute atomic E-state index is 12.6. The molecule has 5 heteroatoms. The molecule has 1 aromatic heterocycles. The summed E-state index contributed by atoms with van der Waals surface area (Å²) < 4.78 is 15.1. The number of carbonyl (C=O) groups excluding carboxylic acids is 2. The van der Waals surface area contributed by atoms with Crippen LogP contribution in [-0.4, -0.2) is 32.1 Å². The number of ether oxygens (including phenoxy) is 2. The van der Waals surface area contributed by atoms with Crippen LogP contribution in [-0.2, 0) is 14.3 Å². The van der Waals surface area contributed by atoms with Crippen molar-refractivity contribution in [2.45, 2.75) is 0 Å². The van der Waals surface area contributed by atoms with Gasteiger partial charge in [-0.05, 0) is 6.07 Å². The number of hydrogen-bond acceptors (Lipinski definition) is 5. The van der Waals surface area contributed by atoms with Gasteiger partial charge < -0.3 is 13.9 Å². The van der Waals surface area contributed by atoms with Gasteiger partial charge in [0.05, 0.1) is 25.9 Å². The Balaban J connectivity index is 2.06. The average Bonchev–Trinajstić information content (AvgIpc) is 2.80. The van der Waals surface area contributed by atoms with Crippen molar-refractivity contribution >= 4 is 22.7 Å². The lowest BCUT2D eigenvalue weighted by Crippen LogP contribution is -2.55. The summed E-state index contributed by atoms with van der Waals surface area (Å²) in [7, 11) is 1.27. The molecule has 0 unspecified atom stereocenters. The van der Waals surface area contributed by atoms with Gasteiger partial charge in [-0.15, -0.1) is 0 Å². The van der Waals surface area contributed by atoms with Gasteiger partial charge in [0.25, 0.3) is 0 Å². The molecule has 0 radical (unpaired) electrons. The monoisotopic (exact) mass is 260 g/mol. The molecule has 1 aromatic carbocycles. The summed E-state index contributed by atoms with van der Waals surface area (Å²) in [4.78, 5) is 24.4. The van der Waals surface area contributed by atoms with Crippen molar-refractivity contribution < 1.29 is 23.5 Å². The second-order valence-corrected chi connectivity index (χ2v) is 4.54. The average molecular weight is 260 g/mol. The van der Waals surface area contributed by atoms with Gasteiger partial charge in [-0.3, -0.25) is 9.59 Å². The minimum atomic E-state index is -1.22. The Bertz CT molecular complexity index is 651. The van der Waals surface area contributed by atoms with Gasteiger partial charge in [-0.2, -0.15) is 0 Å². The summed E-state index contributed by atoms with van der Waals surface area (Å²) >= 11 is 0. The summed E-state index contributed by atoms with van der Waals surface area (Å²) in [6, 6.07) is 7.20. The lowest BCUT2D eigenvalue weighted by atomic mass is 9.78. The Morgan fingerprint density at radius 2 is 2.00 bits per heavy atom. The third-order valence-electron chi connectivity index (χ3n) is 3.43. The Morgan fingerprint density at radius 3 is 2.63 bits per heavy atom. The van der Waals surface area contributed by atoms with E-state index < -0.39 is 11.4 Å². The lowest BCUT2D eigenvalue weighted by Gasteiger charge is -2.36. The zero-order chi connectivity index (χ0) is 13.5. The van der Waals surface area contributed by atoms with Gasteiger partial charge >= 0.3 is 5.97 Å². The van der Waals surface area contributed by atoms with E-state index in [1.54, 1.807) is 12.1 Å². The van der Waals surface area contributed by atoms with E-state index in [2.05, 4.69) is 0 Å². The van der Waals surface area contributed by atoms with Crippen molar-refractivity contribution in [3.05, 3.63) is 36.1 Å². The normalized spacial score (nSPS) is 16.9. The Hall–Kier alpha value is -2.14. The first-order chi connectivity index (χ1) is 9.19. The molecule has 0 saturated carbocycles. The molecule has 1 aliphatic heterocycles. The fourth-order valence-electron chi connectivity index (χ4n) is 2.25. The topological polar surface area (TPSA) is 65.7 Å². The maximum Gasteiger partial charge on any atom is 0.324 e. The van der Waals surface area contributed by atoms with E-state index in [4.69, 9.17) is 13.9 Å². The van der Waals surface area contributed by atoms with E-state index in [1.807, 2.05) is 12.1 Å². The zero-order valence-corrected chi connectivity index (χ0v) is 10.3. The SMILES string of the molecule is COC(=O)C1(C(=O)c2coc3ccccc23)COC1. The van der Waals surface area contributed by atoms with Crippen LogP contribution in [0.25, 0.3) is 11.0 Å². The highest BCUT2D eigenvalue weighted by Crippen LogP contribution is 2.35. The van der Waals surface area contributed by atoms with Crippen LogP contribution in [0.3, 0.4) is 0 Å². The quantitative estimate of drug-likeness (QED) is 0.478. The summed E-state index contributed by atoms with van der Waals surface area (Å²) in [5.41, 5.74) is -0.211. The largest absolute Gasteiger partial charge is 0.468 e. The van der Waals surface area contributed by atoms with Gasteiger partial charge in [0.2, 0.25) is 0 Å². The molecule has 1 aliphatic rings. The lowest BCUT2D eigenvalue weighted by molar-refractivity contribution is -0.172. The Morgan fingerprint density at radius 1 is 1.26 bits per heavy atom. The van der Waals surface area contributed by atoms with Crippen molar-refractivity contribution in [3.63, 3.8) is 0 Å². The molecule has 2 heterocycles. The van der Waals surface area contributed by atoms with E-state index in [0.29, 0.717) is 16.5 Å². The third-order valence-corrected chi connectivity index (χ3v) is 3.43. The van der Waals surface area contributed by atoms with Crippen LogP contribution in [0.5, 0.6) is 0 Å². The Labute approximate surface area is 109 Å². The fourth-order valence-corrected chi connectivity index (χ4v) is 2.25.